The number of aromatic carboxylic acids is 1. The average Bonchev–Trinajstić information content (AvgIpc) is 2.76. The molecule has 0 bridgehead atoms. The third kappa shape index (κ3) is 2.44. The van der Waals surface area contributed by atoms with Gasteiger partial charge in [0.1, 0.15) is 17.9 Å². The molecule has 2 rings (SSSR count). The van der Waals surface area contributed by atoms with Crippen molar-refractivity contribution < 1.29 is 19.2 Å². The summed E-state index contributed by atoms with van der Waals surface area (Å²) in [5, 5.41) is 12.3. The highest BCUT2D eigenvalue weighted by Gasteiger charge is 2.15. The number of carboxylic acids is 1. The summed E-state index contributed by atoms with van der Waals surface area (Å²) in [4.78, 5) is 10.8. The molecular weight excluding hydrogens is 222 g/mol. The van der Waals surface area contributed by atoms with Crippen LogP contribution in [-0.4, -0.2) is 16.2 Å². The lowest BCUT2D eigenvalue weighted by molar-refractivity contribution is 0.0691. The van der Waals surface area contributed by atoms with Crippen LogP contribution in [0.15, 0.2) is 35.0 Å². The zero-order chi connectivity index (χ0) is 12.3. The van der Waals surface area contributed by atoms with Crippen molar-refractivity contribution in [1.29, 1.82) is 0 Å². The molecule has 0 saturated heterocycles. The van der Waals surface area contributed by atoms with Crippen LogP contribution >= 0.6 is 0 Å². The highest BCUT2D eigenvalue weighted by Crippen LogP contribution is 2.18. The van der Waals surface area contributed by atoms with Crippen molar-refractivity contribution in [2.45, 2.75) is 13.5 Å². The molecule has 0 aliphatic rings. The zero-order valence-corrected chi connectivity index (χ0v) is 9.21. The van der Waals surface area contributed by atoms with Crippen molar-refractivity contribution in [1.82, 2.24) is 5.16 Å². The maximum Gasteiger partial charge on any atom is 0.341 e. The number of hydrogen-bond acceptors (Lipinski definition) is 4. The number of nitrogens with zero attached hydrogens (tertiary/aromatic N) is 1. The van der Waals surface area contributed by atoms with Crippen LogP contribution in [0.2, 0.25) is 0 Å². The van der Waals surface area contributed by atoms with Crippen LogP contribution in [0.3, 0.4) is 0 Å². The van der Waals surface area contributed by atoms with E-state index >= 15 is 0 Å². The Morgan fingerprint density at radius 3 is 2.94 bits per heavy atom. The number of aryl methyl sites for hydroxylation is 1. The van der Waals surface area contributed by atoms with Crippen molar-refractivity contribution in [3.8, 4) is 5.75 Å². The van der Waals surface area contributed by atoms with Crippen molar-refractivity contribution in [3.05, 3.63) is 47.3 Å². The predicted molar refractivity (Wildman–Crippen MR) is 59.0 cm³/mol. The SMILES string of the molecule is Cc1ccccc1OCc1oncc1C(=O)O. The molecule has 0 aliphatic heterocycles. The van der Waals surface area contributed by atoms with Gasteiger partial charge in [0.2, 0.25) is 0 Å². The van der Waals surface area contributed by atoms with Gasteiger partial charge in [-0.2, -0.15) is 0 Å². The number of aromatic nitrogens is 1. The Labute approximate surface area is 97.6 Å². The minimum absolute atomic E-state index is 0.0265. The molecular formula is C12H11NO4. The van der Waals surface area contributed by atoms with Crippen LogP contribution in [0.4, 0.5) is 0 Å². The van der Waals surface area contributed by atoms with E-state index in [1.807, 2.05) is 31.2 Å². The summed E-state index contributed by atoms with van der Waals surface area (Å²) in [7, 11) is 0. The molecule has 5 heteroatoms. The maximum absolute atomic E-state index is 10.8. The van der Waals surface area contributed by atoms with E-state index in [9.17, 15) is 4.79 Å². The molecule has 0 fully saturated rings. The van der Waals surface area contributed by atoms with Gasteiger partial charge in [-0.15, -0.1) is 0 Å². The van der Waals surface area contributed by atoms with Gasteiger partial charge in [0, 0.05) is 0 Å². The predicted octanol–water partition coefficient (Wildman–Crippen LogP) is 2.26. The second-order valence-corrected chi connectivity index (χ2v) is 3.52. The van der Waals surface area contributed by atoms with E-state index in [0.717, 1.165) is 5.56 Å². The van der Waals surface area contributed by atoms with Crippen molar-refractivity contribution in [3.63, 3.8) is 0 Å². The standard InChI is InChI=1S/C12H11NO4/c1-8-4-2-3-5-10(8)16-7-11-9(12(14)15)6-13-17-11/h2-6H,7H2,1H3,(H,14,15). The quantitative estimate of drug-likeness (QED) is 0.876. The number of carbonyl (C=O) groups is 1. The van der Waals surface area contributed by atoms with E-state index in [0.29, 0.717) is 5.75 Å². The maximum atomic E-state index is 10.8. The van der Waals surface area contributed by atoms with Gasteiger partial charge < -0.3 is 14.4 Å². The number of carboxylic acid groups (broad SMARTS) is 1. The first kappa shape index (κ1) is 11.2. The molecule has 0 spiro atoms. The summed E-state index contributed by atoms with van der Waals surface area (Å²) in [5.41, 5.74) is 1.00. The molecule has 0 radical (unpaired) electrons. The molecule has 1 aromatic carbocycles. The van der Waals surface area contributed by atoms with Gasteiger partial charge in [-0.25, -0.2) is 4.79 Å². The van der Waals surface area contributed by atoms with Crippen LogP contribution in [0.5, 0.6) is 5.75 Å². The monoisotopic (exact) mass is 233 g/mol. The Balaban J connectivity index is 2.10. The molecule has 0 saturated carbocycles. The first-order chi connectivity index (χ1) is 8.18. The minimum atomic E-state index is -1.07. The smallest absolute Gasteiger partial charge is 0.341 e. The largest absolute Gasteiger partial charge is 0.485 e. The minimum Gasteiger partial charge on any atom is -0.485 e. The lowest BCUT2D eigenvalue weighted by Gasteiger charge is -2.06. The fraction of sp³-hybridized carbons (Fsp3) is 0.167. The second kappa shape index (κ2) is 4.69. The van der Waals surface area contributed by atoms with E-state index < -0.39 is 5.97 Å². The van der Waals surface area contributed by atoms with Crippen LogP contribution in [-0.2, 0) is 6.61 Å². The normalized spacial score (nSPS) is 10.2. The Hall–Kier alpha value is -2.30. The fourth-order valence-electron chi connectivity index (χ4n) is 1.40. The number of rotatable bonds is 4. The topological polar surface area (TPSA) is 72.6 Å². The third-order valence-electron chi connectivity index (χ3n) is 2.33. The summed E-state index contributed by atoms with van der Waals surface area (Å²) in [6, 6.07) is 7.47. The van der Waals surface area contributed by atoms with E-state index in [-0.39, 0.29) is 17.9 Å². The van der Waals surface area contributed by atoms with Gasteiger partial charge >= 0.3 is 5.97 Å². The number of hydrogen-bond donors (Lipinski definition) is 1. The summed E-state index contributed by atoms with van der Waals surface area (Å²) >= 11 is 0. The number of benzene rings is 1. The second-order valence-electron chi connectivity index (χ2n) is 3.52. The average molecular weight is 233 g/mol. The number of para-hydroxylation sites is 1. The van der Waals surface area contributed by atoms with E-state index in [1.165, 1.54) is 6.20 Å². The molecule has 88 valence electrons. The first-order valence-corrected chi connectivity index (χ1v) is 5.04. The zero-order valence-electron chi connectivity index (χ0n) is 9.21. The van der Waals surface area contributed by atoms with Gasteiger partial charge in [0.05, 0.1) is 6.20 Å². The lowest BCUT2D eigenvalue weighted by atomic mass is 10.2. The highest BCUT2D eigenvalue weighted by atomic mass is 16.5. The molecule has 0 unspecified atom stereocenters. The summed E-state index contributed by atoms with van der Waals surface area (Å²) in [6.07, 6.45) is 1.17. The fourth-order valence-corrected chi connectivity index (χ4v) is 1.40. The van der Waals surface area contributed by atoms with Crippen LogP contribution in [0, 0.1) is 6.92 Å². The van der Waals surface area contributed by atoms with Crippen LogP contribution in [0.1, 0.15) is 21.7 Å². The Kier molecular flexibility index (Phi) is 3.09. The van der Waals surface area contributed by atoms with E-state index in [2.05, 4.69) is 5.16 Å². The molecule has 1 heterocycles. The Bertz CT molecular complexity index is 533. The summed E-state index contributed by atoms with van der Waals surface area (Å²) < 4.78 is 10.3. The molecule has 0 amide bonds. The number of ether oxygens (including phenoxy) is 1. The summed E-state index contributed by atoms with van der Waals surface area (Å²) in [5.74, 6) is -0.171. The van der Waals surface area contributed by atoms with E-state index in [1.54, 1.807) is 0 Å². The van der Waals surface area contributed by atoms with Gasteiger partial charge in [-0.3, -0.25) is 0 Å². The molecule has 0 aliphatic carbocycles. The highest BCUT2D eigenvalue weighted by molar-refractivity contribution is 5.88. The molecule has 0 atom stereocenters. The van der Waals surface area contributed by atoms with Crippen LogP contribution in [0.25, 0.3) is 0 Å². The van der Waals surface area contributed by atoms with E-state index in [4.69, 9.17) is 14.4 Å². The van der Waals surface area contributed by atoms with Gasteiger partial charge in [-0.05, 0) is 18.6 Å². The van der Waals surface area contributed by atoms with Gasteiger partial charge in [0.15, 0.2) is 5.76 Å². The molecule has 1 aromatic heterocycles. The Morgan fingerprint density at radius 1 is 1.47 bits per heavy atom. The van der Waals surface area contributed by atoms with Crippen LogP contribution < -0.4 is 4.74 Å². The molecule has 1 N–H and O–H groups in total. The third-order valence-corrected chi connectivity index (χ3v) is 2.33. The van der Waals surface area contributed by atoms with Gasteiger partial charge in [0.25, 0.3) is 0 Å². The summed E-state index contributed by atoms with van der Waals surface area (Å²) in [6.45, 7) is 1.96. The first-order valence-electron chi connectivity index (χ1n) is 5.04. The van der Waals surface area contributed by atoms with Crippen molar-refractivity contribution in [2.75, 3.05) is 0 Å². The Morgan fingerprint density at radius 2 is 2.24 bits per heavy atom. The molecule has 17 heavy (non-hydrogen) atoms. The van der Waals surface area contributed by atoms with Gasteiger partial charge in [-0.1, -0.05) is 23.4 Å². The molecule has 2 aromatic rings. The van der Waals surface area contributed by atoms with Crippen molar-refractivity contribution >= 4 is 5.97 Å². The van der Waals surface area contributed by atoms with Crippen molar-refractivity contribution in [2.24, 2.45) is 0 Å². The lowest BCUT2D eigenvalue weighted by Crippen LogP contribution is -2.03. The molecule has 5 nitrogen and oxygen atoms in total.